The molecule has 0 fully saturated rings. The Bertz CT molecular complexity index is 920. The molecule has 0 atom stereocenters. The van der Waals surface area contributed by atoms with E-state index in [4.69, 9.17) is 9.47 Å². The Morgan fingerprint density at radius 3 is 2.50 bits per heavy atom. The van der Waals surface area contributed by atoms with Crippen LogP contribution in [0, 0.1) is 0 Å². The van der Waals surface area contributed by atoms with Gasteiger partial charge in [-0.25, -0.2) is 4.98 Å². The first kappa shape index (κ1) is 19.7. The molecular formula is C22H27N3O3. The van der Waals surface area contributed by atoms with Crippen molar-refractivity contribution in [3.63, 3.8) is 0 Å². The van der Waals surface area contributed by atoms with Gasteiger partial charge in [0.15, 0.2) is 11.5 Å². The first-order valence-corrected chi connectivity index (χ1v) is 9.78. The number of ether oxygens (including phenoxy) is 2. The smallest absolute Gasteiger partial charge is 0.220 e. The van der Waals surface area contributed by atoms with Crippen LogP contribution in [0.4, 0.5) is 0 Å². The van der Waals surface area contributed by atoms with Crippen LogP contribution in [0.1, 0.15) is 32.5 Å². The third-order valence-corrected chi connectivity index (χ3v) is 4.38. The predicted molar refractivity (Wildman–Crippen MR) is 110 cm³/mol. The average Bonchev–Trinajstić information content (AvgIpc) is 3.06. The Morgan fingerprint density at radius 2 is 1.75 bits per heavy atom. The van der Waals surface area contributed by atoms with Crippen LogP contribution < -0.4 is 14.8 Å². The lowest BCUT2D eigenvalue weighted by Crippen LogP contribution is -2.24. The zero-order chi connectivity index (χ0) is 19.8. The standard InChI is InChI=1S/C22H27N3O3/c1-3-9-22(26)23-16-21-24-17-10-5-6-11-18(17)25(21)14-15-28-20-13-8-7-12-19(20)27-4-2/h5-8,10-13H,3-4,9,14-16H2,1-2H3,(H,23,26). The average molecular weight is 381 g/mol. The zero-order valence-corrected chi connectivity index (χ0v) is 16.5. The quantitative estimate of drug-likeness (QED) is 0.578. The second-order valence-electron chi connectivity index (χ2n) is 6.42. The molecule has 1 amide bonds. The van der Waals surface area contributed by atoms with Crippen LogP contribution in [0.15, 0.2) is 48.5 Å². The van der Waals surface area contributed by atoms with Crippen LogP contribution in [0.25, 0.3) is 11.0 Å². The van der Waals surface area contributed by atoms with Crippen molar-refractivity contribution in [2.24, 2.45) is 0 Å². The normalized spacial score (nSPS) is 10.8. The fourth-order valence-electron chi connectivity index (χ4n) is 3.09. The minimum absolute atomic E-state index is 0.0444. The number of carbonyl (C=O) groups excluding carboxylic acids is 1. The summed E-state index contributed by atoms with van der Waals surface area (Å²) in [6.45, 7) is 6.04. The van der Waals surface area contributed by atoms with Crippen molar-refractivity contribution >= 4 is 16.9 Å². The van der Waals surface area contributed by atoms with Crippen LogP contribution in [0.2, 0.25) is 0 Å². The fourth-order valence-corrected chi connectivity index (χ4v) is 3.09. The summed E-state index contributed by atoms with van der Waals surface area (Å²) in [6.07, 6.45) is 1.35. The van der Waals surface area contributed by atoms with E-state index in [1.165, 1.54) is 0 Å². The van der Waals surface area contributed by atoms with Crippen molar-refractivity contribution in [3.05, 3.63) is 54.4 Å². The third kappa shape index (κ3) is 4.82. The van der Waals surface area contributed by atoms with Crippen LogP contribution in [-0.2, 0) is 17.9 Å². The first-order valence-electron chi connectivity index (χ1n) is 9.78. The number of aromatic nitrogens is 2. The summed E-state index contributed by atoms with van der Waals surface area (Å²) in [4.78, 5) is 16.5. The number of imidazole rings is 1. The lowest BCUT2D eigenvalue weighted by Gasteiger charge is -2.14. The molecule has 0 aliphatic rings. The first-order chi connectivity index (χ1) is 13.7. The van der Waals surface area contributed by atoms with Gasteiger partial charge in [0.25, 0.3) is 0 Å². The van der Waals surface area contributed by atoms with Gasteiger partial charge in [-0.15, -0.1) is 0 Å². The molecule has 0 unspecified atom stereocenters. The molecule has 0 saturated heterocycles. The van der Waals surface area contributed by atoms with E-state index in [-0.39, 0.29) is 5.91 Å². The molecule has 0 spiro atoms. The summed E-state index contributed by atoms with van der Waals surface area (Å²) in [7, 11) is 0. The number of nitrogens with zero attached hydrogens (tertiary/aromatic N) is 2. The molecule has 0 aliphatic heterocycles. The Hall–Kier alpha value is -3.02. The number of carbonyl (C=O) groups is 1. The number of rotatable bonds is 10. The van der Waals surface area contributed by atoms with E-state index in [1.54, 1.807) is 0 Å². The molecule has 1 N–H and O–H groups in total. The van der Waals surface area contributed by atoms with E-state index in [0.29, 0.717) is 32.7 Å². The monoisotopic (exact) mass is 381 g/mol. The second-order valence-corrected chi connectivity index (χ2v) is 6.42. The Morgan fingerprint density at radius 1 is 1.04 bits per heavy atom. The third-order valence-electron chi connectivity index (χ3n) is 4.38. The molecule has 0 bridgehead atoms. The minimum Gasteiger partial charge on any atom is -0.490 e. The van der Waals surface area contributed by atoms with Crippen LogP contribution in [0.5, 0.6) is 11.5 Å². The molecule has 0 aliphatic carbocycles. The van der Waals surface area contributed by atoms with Crippen molar-refractivity contribution in [3.8, 4) is 11.5 Å². The molecule has 0 radical (unpaired) electrons. The maximum absolute atomic E-state index is 11.9. The van der Waals surface area contributed by atoms with Gasteiger partial charge in [0, 0.05) is 6.42 Å². The van der Waals surface area contributed by atoms with Crippen molar-refractivity contribution in [1.82, 2.24) is 14.9 Å². The highest BCUT2D eigenvalue weighted by Crippen LogP contribution is 2.26. The number of benzene rings is 2. The van der Waals surface area contributed by atoms with E-state index in [1.807, 2.05) is 62.4 Å². The van der Waals surface area contributed by atoms with Crippen LogP contribution >= 0.6 is 0 Å². The van der Waals surface area contributed by atoms with Gasteiger partial charge in [-0.05, 0) is 37.6 Å². The number of para-hydroxylation sites is 4. The summed E-state index contributed by atoms with van der Waals surface area (Å²) < 4.78 is 13.7. The topological polar surface area (TPSA) is 65.4 Å². The fraction of sp³-hybridized carbons (Fsp3) is 0.364. The summed E-state index contributed by atoms with van der Waals surface area (Å²) in [5.41, 5.74) is 1.95. The molecule has 3 rings (SSSR count). The molecule has 6 heteroatoms. The molecule has 1 aromatic heterocycles. The highest BCUT2D eigenvalue weighted by atomic mass is 16.5. The number of fused-ring (bicyclic) bond motifs is 1. The van der Waals surface area contributed by atoms with Gasteiger partial charge < -0.3 is 19.4 Å². The highest BCUT2D eigenvalue weighted by molar-refractivity contribution is 5.77. The number of nitrogens with one attached hydrogen (secondary N) is 1. The minimum atomic E-state index is 0.0444. The molecule has 3 aromatic rings. The Balaban J connectivity index is 1.72. The van der Waals surface area contributed by atoms with Gasteiger partial charge in [0.1, 0.15) is 12.4 Å². The van der Waals surface area contributed by atoms with Gasteiger partial charge in [-0.3, -0.25) is 4.79 Å². The van der Waals surface area contributed by atoms with Crippen LogP contribution in [0.3, 0.4) is 0 Å². The van der Waals surface area contributed by atoms with E-state index in [2.05, 4.69) is 14.9 Å². The Labute approximate surface area is 165 Å². The van der Waals surface area contributed by atoms with Crippen molar-refractivity contribution in [1.29, 1.82) is 0 Å². The zero-order valence-electron chi connectivity index (χ0n) is 16.5. The summed E-state index contributed by atoms with van der Waals surface area (Å²) in [5, 5.41) is 2.95. The lowest BCUT2D eigenvalue weighted by molar-refractivity contribution is -0.121. The van der Waals surface area contributed by atoms with E-state index >= 15 is 0 Å². The molecular weight excluding hydrogens is 354 g/mol. The second kappa shape index (κ2) is 9.78. The van der Waals surface area contributed by atoms with Gasteiger partial charge in [-0.1, -0.05) is 31.2 Å². The maximum Gasteiger partial charge on any atom is 0.220 e. The molecule has 1 heterocycles. The predicted octanol–water partition coefficient (Wildman–Crippen LogP) is 3.93. The van der Waals surface area contributed by atoms with E-state index < -0.39 is 0 Å². The molecule has 148 valence electrons. The Kier molecular flexibility index (Phi) is 6.89. The number of hydrogen-bond acceptors (Lipinski definition) is 4. The van der Waals surface area contributed by atoms with Crippen LogP contribution in [-0.4, -0.2) is 28.7 Å². The van der Waals surface area contributed by atoms with Gasteiger partial charge in [0.2, 0.25) is 5.91 Å². The maximum atomic E-state index is 11.9. The number of amides is 1. The lowest BCUT2D eigenvalue weighted by atomic mass is 10.3. The van der Waals surface area contributed by atoms with Gasteiger partial charge in [0.05, 0.1) is 30.7 Å². The summed E-state index contributed by atoms with van der Waals surface area (Å²) in [6, 6.07) is 15.6. The molecule has 28 heavy (non-hydrogen) atoms. The largest absolute Gasteiger partial charge is 0.490 e. The molecule has 6 nitrogen and oxygen atoms in total. The van der Waals surface area contributed by atoms with Gasteiger partial charge in [-0.2, -0.15) is 0 Å². The van der Waals surface area contributed by atoms with Crippen molar-refractivity contribution < 1.29 is 14.3 Å². The van der Waals surface area contributed by atoms with Crippen molar-refractivity contribution in [2.45, 2.75) is 39.8 Å². The van der Waals surface area contributed by atoms with E-state index in [0.717, 1.165) is 34.8 Å². The molecule has 2 aromatic carbocycles. The SMILES string of the molecule is CCCC(=O)NCc1nc2ccccc2n1CCOc1ccccc1OCC. The van der Waals surface area contributed by atoms with Gasteiger partial charge >= 0.3 is 0 Å². The van der Waals surface area contributed by atoms with E-state index in [9.17, 15) is 4.79 Å². The molecule has 0 saturated carbocycles. The number of hydrogen-bond donors (Lipinski definition) is 1. The van der Waals surface area contributed by atoms with Crippen molar-refractivity contribution in [2.75, 3.05) is 13.2 Å². The summed E-state index contributed by atoms with van der Waals surface area (Å²) >= 11 is 0. The summed E-state index contributed by atoms with van der Waals surface area (Å²) in [5.74, 6) is 2.34. The highest BCUT2D eigenvalue weighted by Gasteiger charge is 2.12.